The highest BCUT2D eigenvalue weighted by Crippen LogP contribution is 2.52. The molecule has 0 heterocycles. The Kier molecular flexibility index (Phi) is 2.71. The Morgan fingerprint density at radius 1 is 1.44 bits per heavy atom. The highest BCUT2D eigenvalue weighted by Gasteiger charge is 2.47. The van der Waals surface area contributed by atoms with E-state index in [1.165, 1.54) is 18.4 Å². The average Bonchev–Trinajstić information content (AvgIpc) is 3.24. The molecular weight excluding hydrogens is 226 g/mol. The van der Waals surface area contributed by atoms with Gasteiger partial charge >= 0.3 is 0 Å². The van der Waals surface area contributed by atoms with E-state index in [0.717, 1.165) is 36.7 Å². The van der Waals surface area contributed by atoms with Crippen LogP contribution in [-0.4, -0.2) is 12.7 Å². The molecule has 0 spiro atoms. The minimum absolute atomic E-state index is 0.341. The predicted octanol–water partition coefficient (Wildman–Crippen LogP) is 3.11. The number of ether oxygens (including phenoxy) is 1. The fourth-order valence-corrected chi connectivity index (χ4v) is 2.27. The standard InChI is InChI=1S/C15H17NO2/c1-11-2-5-14(18-9-12-3-4-12)13(8-11)15(6-7-15)16-10-17/h2,5,8,12H,3-4,6-7,9H2,1H3. The maximum atomic E-state index is 10.6. The summed E-state index contributed by atoms with van der Waals surface area (Å²) in [6, 6.07) is 6.15. The molecule has 2 saturated carbocycles. The number of isocyanates is 1. The molecule has 0 N–H and O–H groups in total. The minimum Gasteiger partial charge on any atom is -0.493 e. The summed E-state index contributed by atoms with van der Waals surface area (Å²) in [7, 11) is 0. The molecule has 1 aromatic rings. The van der Waals surface area contributed by atoms with Crippen molar-refractivity contribution in [2.45, 2.75) is 38.1 Å². The zero-order valence-corrected chi connectivity index (χ0v) is 10.6. The first kappa shape index (κ1) is 11.5. The smallest absolute Gasteiger partial charge is 0.235 e. The third-order valence-corrected chi connectivity index (χ3v) is 3.79. The maximum absolute atomic E-state index is 10.6. The van der Waals surface area contributed by atoms with Gasteiger partial charge in [0, 0.05) is 5.56 Å². The zero-order chi connectivity index (χ0) is 12.6. The van der Waals surface area contributed by atoms with Crippen molar-refractivity contribution in [1.29, 1.82) is 0 Å². The molecule has 0 unspecified atom stereocenters. The Morgan fingerprint density at radius 3 is 2.83 bits per heavy atom. The Labute approximate surface area is 107 Å². The lowest BCUT2D eigenvalue weighted by atomic mass is 10.0. The number of benzene rings is 1. The second-order valence-corrected chi connectivity index (χ2v) is 5.49. The number of aryl methyl sites for hydroxylation is 1. The van der Waals surface area contributed by atoms with Crippen molar-refractivity contribution in [3.05, 3.63) is 29.3 Å². The maximum Gasteiger partial charge on any atom is 0.235 e. The van der Waals surface area contributed by atoms with Gasteiger partial charge in [0.25, 0.3) is 0 Å². The summed E-state index contributed by atoms with van der Waals surface area (Å²) < 4.78 is 5.90. The van der Waals surface area contributed by atoms with Crippen molar-refractivity contribution < 1.29 is 9.53 Å². The second kappa shape index (κ2) is 4.25. The van der Waals surface area contributed by atoms with Crippen LogP contribution >= 0.6 is 0 Å². The number of hydrogen-bond donors (Lipinski definition) is 0. The first-order valence-corrected chi connectivity index (χ1v) is 6.56. The molecule has 94 valence electrons. The molecule has 18 heavy (non-hydrogen) atoms. The van der Waals surface area contributed by atoms with Gasteiger partial charge in [-0.1, -0.05) is 11.6 Å². The van der Waals surface area contributed by atoms with Gasteiger partial charge in [-0.2, -0.15) is 4.99 Å². The molecule has 3 heteroatoms. The normalized spacial score (nSPS) is 20.1. The van der Waals surface area contributed by atoms with Crippen molar-refractivity contribution in [2.75, 3.05) is 6.61 Å². The predicted molar refractivity (Wildman–Crippen MR) is 68.4 cm³/mol. The van der Waals surface area contributed by atoms with Crippen LogP contribution in [0.15, 0.2) is 23.2 Å². The number of hydrogen-bond acceptors (Lipinski definition) is 3. The van der Waals surface area contributed by atoms with Crippen LogP contribution in [0.2, 0.25) is 0 Å². The number of aliphatic imine (C=N–C) groups is 1. The molecule has 0 amide bonds. The summed E-state index contributed by atoms with van der Waals surface area (Å²) >= 11 is 0. The van der Waals surface area contributed by atoms with E-state index in [1.807, 2.05) is 12.1 Å². The average molecular weight is 243 g/mol. The van der Waals surface area contributed by atoms with Gasteiger partial charge in [-0.3, -0.25) is 0 Å². The van der Waals surface area contributed by atoms with Crippen molar-refractivity contribution in [1.82, 2.24) is 0 Å². The summed E-state index contributed by atoms with van der Waals surface area (Å²) in [6.07, 6.45) is 6.11. The first-order chi connectivity index (χ1) is 8.73. The fourth-order valence-electron chi connectivity index (χ4n) is 2.27. The third kappa shape index (κ3) is 2.19. The Balaban J connectivity index is 1.89. The van der Waals surface area contributed by atoms with Crippen molar-refractivity contribution in [3.8, 4) is 5.75 Å². The van der Waals surface area contributed by atoms with Crippen molar-refractivity contribution >= 4 is 6.08 Å². The van der Waals surface area contributed by atoms with Gasteiger partial charge in [-0.05, 0) is 50.7 Å². The summed E-state index contributed by atoms with van der Waals surface area (Å²) in [5, 5.41) is 0. The van der Waals surface area contributed by atoms with Gasteiger partial charge in [0.2, 0.25) is 6.08 Å². The quantitative estimate of drug-likeness (QED) is 0.588. The molecule has 0 atom stereocenters. The van der Waals surface area contributed by atoms with Gasteiger partial charge in [-0.25, -0.2) is 4.79 Å². The third-order valence-electron chi connectivity index (χ3n) is 3.79. The number of nitrogens with zero attached hydrogens (tertiary/aromatic N) is 1. The van der Waals surface area contributed by atoms with E-state index in [1.54, 1.807) is 6.08 Å². The van der Waals surface area contributed by atoms with E-state index in [2.05, 4.69) is 18.0 Å². The molecule has 0 saturated heterocycles. The summed E-state index contributed by atoms with van der Waals surface area (Å²) in [4.78, 5) is 14.6. The second-order valence-electron chi connectivity index (χ2n) is 5.49. The number of carbonyl (C=O) groups excluding carboxylic acids is 1. The van der Waals surface area contributed by atoms with Gasteiger partial charge < -0.3 is 4.74 Å². The van der Waals surface area contributed by atoms with Crippen LogP contribution in [0.25, 0.3) is 0 Å². The van der Waals surface area contributed by atoms with Gasteiger partial charge in [0.1, 0.15) is 11.3 Å². The molecule has 1 aromatic carbocycles. The summed E-state index contributed by atoms with van der Waals surface area (Å²) in [6.45, 7) is 2.84. The molecule has 0 aliphatic heterocycles. The van der Waals surface area contributed by atoms with Crippen LogP contribution in [0.1, 0.15) is 36.8 Å². The van der Waals surface area contributed by atoms with Crippen LogP contribution < -0.4 is 4.74 Å². The topological polar surface area (TPSA) is 38.7 Å². The Morgan fingerprint density at radius 2 is 2.22 bits per heavy atom. The molecule has 2 aliphatic carbocycles. The molecule has 0 bridgehead atoms. The van der Waals surface area contributed by atoms with Crippen LogP contribution in [0.5, 0.6) is 5.75 Å². The molecular formula is C15H17NO2. The fraction of sp³-hybridized carbons (Fsp3) is 0.533. The zero-order valence-electron chi connectivity index (χ0n) is 10.6. The van der Waals surface area contributed by atoms with Crippen LogP contribution in [-0.2, 0) is 10.3 Å². The lowest BCUT2D eigenvalue weighted by molar-refractivity contribution is 0.294. The van der Waals surface area contributed by atoms with Crippen LogP contribution in [0, 0.1) is 12.8 Å². The molecule has 0 radical (unpaired) electrons. The van der Waals surface area contributed by atoms with Crippen molar-refractivity contribution in [3.63, 3.8) is 0 Å². The van der Waals surface area contributed by atoms with E-state index < -0.39 is 0 Å². The highest BCUT2D eigenvalue weighted by atomic mass is 16.5. The van der Waals surface area contributed by atoms with E-state index in [0.29, 0.717) is 0 Å². The SMILES string of the molecule is Cc1ccc(OCC2CC2)c(C2(N=C=O)CC2)c1. The van der Waals surface area contributed by atoms with Crippen molar-refractivity contribution in [2.24, 2.45) is 10.9 Å². The highest BCUT2D eigenvalue weighted by molar-refractivity contribution is 5.48. The van der Waals surface area contributed by atoms with E-state index in [-0.39, 0.29) is 5.54 Å². The van der Waals surface area contributed by atoms with Gasteiger partial charge in [-0.15, -0.1) is 0 Å². The molecule has 0 aromatic heterocycles. The molecule has 3 rings (SSSR count). The molecule has 3 nitrogen and oxygen atoms in total. The Bertz CT molecular complexity index is 509. The lowest BCUT2D eigenvalue weighted by Gasteiger charge is -2.16. The summed E-state index contributed by atoms with van der Waals surface area (Å²) in [5.74, 6) is 1.62. The van der Waals surface area contributed by atoms with Gasteiger partial charge in [0.05, 0.1) is 6.61 Å². The van der Waals surface area contributed by atoms with E-state index in [4.69, 9.17) is 4.74 Å². The Hall–Kier alpha value is -1.60. The van der Waals surface area contributed by atoms with Crippen LogP contribution in [0.4, 0.5) is 0 Å². The van der Waals surface area contributed by atoms with Crippen LogP contribution in [0.3, 0.4) is 0 Å². The minimum atomic E-state index is -0.341. The number of rotatable bonds is 5. The molecule has 2 aliphatic rings. The van der Waals surface area contributed by atoms with E-state index >= 15 is 0 Å². The van der Waals surface area contributed by atoms with Gasteiger partial charge in [0.15, 0.2) is 0 Å². The largest absolute Gasteiger partial charge is 0.493 e. The first-order valence-electron chi connectivity index (χ1n) is 6.56. The summed E-state index contributed by atoms with van der Waals surface area (Å²) in [5.41, 5.74) is 1.90. The molecule has 2 fully saturated rings. The van der Waals surface area contributed by atoms with E-state index in [9.17, 15) is 4.79 Å². The monoisotopic (exact) mass is 243 g/mol. The lowest BCUT2D eigenvalue weighted by Crippen LogP contribution is -2.08.